The number of aryl methyl sites for hydroxylation is 1. The first-order chi connectivity index (χ1) is 9.88. The van der Waals surface area contributed by atoms with Gasteiger partial charge in [-0.05, 0) is 37.8 Å². The largest absolute Gasteiger partial charge is 0.465 e. The van der Waals surface area contributed by atoms with Crippen LogP contribution in [0.25, 0.3) is 0 Å². The van der Waals surface area contributed by atoms with Crippen LogP contribution in [0, 0.1) is 6.92 Å². The maximum absolute atomic E-state index is 12.1. The zero-order valence-electron chi connectivity index (χ0n) is 12.4. The number of carbonyl (C=O) groups is 2. The minimum Gasteiger partial charge on any atom is -0.465 e. The summed E-state index contributed by atoms with van der Waals surface area (Å²) in [5, 5.41) is 1.91. The Morgan fingerprint density at radius 1 is 1.33 bits per heavy atom. The van der Waals surface area contributed by atoms with E-state index in [1.807, 2.05) is 18.4 Å². The van der Waals surface area contributed by atoms with Crippen molar-refractivity contribution in [2.75, 3.05) is 7.11 Å². The molecule has 1 aliphatic rings. The van der Waals surface area contributed by atoms with E-state index in [4.69, 9.17) is 15.2 Å². The molecule has 0 saturated heterocycles. The average molecular weight is 307 g/mol. The Balaban J connectivity index is 2.69. The number of esters is 1. The van der Waals surface area contributed by atoms with Gasteiger partial charge >= 0.3 is 5.97 Å². The van der Waals surface area contributed by atoms with Crippen LogP contribution in [0.2, 0.25) is 0 Å². The third-order valence-electron chi connectivity index (χ3n) is 3.43. The molecule has 1 unspecified atom stereocenters. The zero-order chi connectivity index (χ0) is 15.7. The van der Waals surface area contributed by atoms with Crippen molar-refractivity contribution in [3.63, 3.8) is 0 Å². The van der Waals surface area contributed by atoms with Gasteiger partial charge in [-0.2, -0.15) is 0 Å². The first-order valence-corrected chi connectivity index (χ1v) is 7.28. The molecule has 1 aromatic rings. The van der Waals surface area contributed by atoms with E-state index < -0.39 is 11.9 Å². The average Bonchev–Trinajstić information content (AvgIpc) is 2.82. The monoisotopic (exact) mass is 307 g/mol. The fourth-order valence-corrected chi connectivity index (χ4v) is 3.53. The molecule has 2 heterocycles. The summed E-state index contributed by atoms with van der Waals surface area (Å²) < 4.78 is 10.2. The summed E-state index contributed by atoms with van der Waals surface area (Å²) in [6, 6.07) is 1.94. The number of hydrogen-bond donors (Lipinski definition) is 1. The molecule has 0 fully saturated rings. The van der Waals surface area contributed by atoms with E-state index in [-0.39, 0.29) is 17.2 Å². The molecule has 1 aromatic heterocycles. The summed E-state index contributed by atoms with van der Waals surface area (Å²) in [5.74, 6) is -0.868. The van der Waals surface area contributed by atoms with Crippen LogP contribution >= 0.6 is 11.3 Å². The first-order valence-electron chi connectivity index (χ1n) is 6.40. The Bertz CT molecular complexity index is 669. The number of allylic oxidation sites excluding steroid dienone is 2. The number of ether oxygens (including phenoxy) is 2. The highest BCUT2D eigenvalue weighted by atomic mass is 32.1. The van der Waals surface area contributed by atoms with Crippen molar-refractivity contribution in [2.45, 2.75) is 26.7 Å². The van der Waals surface area contributed by atoms with Gasteiger partial charge in [0.2, 0.25) is 5.88 Å². The van der Waals surface area contributed by atoms with E-state index >= 15 is 0 Å². The van der Waals surface area contributed by atoms with Crippen molar-refractivity contribution in [3.05, 3.63) is 44.7 Å². The molecular weight excluding hydrogens is 290 g/mol. The van der Waals surface area contributed by atoms with E-state index in [2.05, 4.69) is 0 Å². The molecule has 112 valence electrons. The van der Waals surface area contributed by atoms with Crippen LogP contribution in [0.1, 0.15) is 30.2 Å². The van der Waals surface area contributed by atoms with Crippen LogP contribution < -0.4 is 5.73 Å². The summed E-state index contributed by atoms with van der Waals surface area (Å²) in [4.78, 5) is 25.0. The molecule has 21 heavy (non-hydrogen) atoms. The fourth-order valence-electron chi connectivity index (χ4n) is 2.49. The van der Waals surface area contributed by atoms with Crippen molar-refractivity contribution >= 4 is 23.1 Å². The maximum atomic E-state index is 12.1. The molecule has 0 amide bonds. The van der Waals surface area contributed by atoms with Gasteiger partial charge < -0.3 is 15.2 Å². The van der Waals surface area contributed by atoms with Crippen molar-refractivity contribution in [3.8, 4) is 0 Å². The Morgan fingerprint density at radius 2 is 2.00 bits per heavy atom. The van der Waals surface area contributed by atoms with Gasteiger partial charge in [0, 0.05) is 10.5 Å². The second-order valence-corrected chi connectivity index (χ2v) is 5.75. The van der Waals surface area contributed by atoms with E-state index in [9.17, 15) is 9.59 Å². The van der Waals surface area contributed by atoms with Crippen molar-refractivity contribution in [1.82, 2.24) is 0 Å². The van der Waals surface area contributed by atoms with Gasteiger partial charge in [-0.1, -0.05) is 0 Å². The van der Waals surface area contributed by atoms with Crippen LogP contribution in [-0.2, 0) is 19.1 Å². The van der Waals surface area contributed by atoms with E-state index in [0.29, 0.717) is 11.3 Å². The molecule has 0 radical (unpaired) electrons. The van der Waals surface area contributed by atoms with E-state index in [1.165, 1.54) is 25.4 Å². The smallest absolute Gasteiger partial charge is 0.340 e. The van der Waals surface area contributed by atoms with Gasteiger partial charge in [-0.3, -0.25) is 4.79 Å². The Labute approximate surface area is 127 Å². The number of methoxy groups -OCH3 is 1. The number of carbonyl (C=O) groups excluding carboxylic acids is 2. The Morgan fingerprint density at radius 3 is 2.48 bits per heavy atom. The normalized spacial score (nSPS) is 18.6. The van der Waals surface area contributed by atoms with Gasteiger partial charge in [-0.25, -0.2) is 4.79 Å². The number of rotatable bonds is 3. The summed E-state index contributed by atoms with van der Waals surface area (Å²) in [6.45, 7) is 5.06. The summed E-state index contributed by atoms with van der Waals surface area (Å²) in [5.41, 5.74) is 7.48. The number of Topliss-reactive ketones (excluding diaryl/α,β-unsaturated/α-hetero) is 1. The highest BCUT2D eigenvalue weighted by Gasteiger charge is 2.38. The molecule has 2 rings (SSSR count). The van der Waals surface area contributed by atoms with Crippen molar-refractivity contribution in [1.29, 1.82) is 0 Å². The summed E-state index contributed by atoms with van der Waals surface area (Å²) >= 11 is 1.47. The molecule has 0 aliphatic carbocycles. The minimum absolute atomic E-state index is 0.0119. The van der Waals surface area contributed by atoms with Crippen LogP contribution in [0.15, 0.2) is 34.2 Å². The molecule has 1 aliphatic heterocycles. The lowest BCUT2D eigenvalue weighted by atomic mass is 9.84. The summed E-state index contributed by atoms with van der Waals surface area (Å²) in [7, 11) is 1.28. The topological polar surface area (TPSA) is 78.6 Å². The van der Waals surface area contributed by atoms with Gasteiger partial charge in [0.15, 0.2) is 5.78 Å². The van der Waals surface area contributed by atoms with Crippen molar-refractivity contribution in [2.24, 2.45) is 5.73 Å². The van der Waals surface area contributed by atoms with Crippen LogP contribution in [0.4, 0.5) is 0 Å². The maximum Gasteiger partial charge on any atom is 0.340 e. The van der Waals surface area contributed by atoms with Crippen molar-refractivity contribution < 1.29 is 19.1 Å². The number of hydrogen-bond acceptors (Lipinski definition) is 6. The van der Waals surface area contributed by atoms with Crippen LogP contribution in [0.3, 0.4) is 0 Å². The van der Waals surface area contributed by atoms with Gasteiger partial charge in [0.05, 0.1) is 13.0 Å². The second kappa shape index (κ2) is 5.73. The Hall–Kier alpha value is -2.08. The lowest BCUT2D eigenvalue weighted by molar-refractivity contribution is -0.136. The van der Waals surface area contributed by atoms with Crippen LogP contribution in [0.5, 0.6) is 0 Å². The van der Waals surface area contributed by atoms with E-state index in [1.54, 1.807) is 6.92 Å². The van der Waals surface area contributed by atoms with Gasteiger partial charge in [0.25, 0.3) is 0 Å². The molecule has 5 nitrogen and oxygen atoms in total. The molecular formula is C15H17NO4S. The standard InChI is InChI=1S/C15H17NO4S/c1-7-5-6-21-13(7)11-10(8(2)17)9(3)20-14(16)12(11)15(18)19-4/h5-6,11H,16H2,1-4H3. The van der Waals surface area contributed by atoms with E-state index in [0.717, 1.165) is 10.4 Å². The highest BCUT2D eigenvalue weighted by molar-refractivity contribution is 7.10. The first kappa shape index (κ1) is 15.3. The number of nitrogens with two attached hydrogens (primary N) is 1. The van der Waals surface area contributed by atoms with Gasteiger partial charge in [0.1, 0.15) is 11.3 Å². The second-order valence-electron chi connectivity index (χ2n) is 4.80. The zero-order valence-corrected chi connectivity index (χ0v) is 13.2. The predicted octanol–water partition coefficient (Wildman–Crippen LogP) is 2.38. The predicted molar refractivity (Wildman–Crippen MR) is 79.5 cm³/mol. The van der Waals surface area contributed by atoms with Gasteiger partial charge in [-0.15, -0.1) is 11.3 Å². The third-order valence-corrected chi connectivity index (χ3v) is 4.52. The minimum atomic E-state index is -0.587. The highest BCUT2D eigenvalue weighted by Crippen LogP contribution is 2.43. The third kappa shape index (κ3) is 2.58. The lowest BCUT2D eigenvalue weighted by Crippen LogP contribution is -2.28. The SMILES string of the molecule is COC(=O)C1=C(N)OC(C)=C(C(C)=O)C1c1sccc1C. The van der Waals surface area contributed by atoms with Crippen LogP contribution in [-0.4, -0.2) is 18.9 Å². The molecule has 1 atom stereocenters. The molecule has 0 spiro atoms. The molecule has 2 N–H and O–H groups in total. The lowest BCUT2D eigenvalue weighted by Gasteiger charge is -2.28. The Kier molecular flexibility index (Phi) is 4.18. The molecule has 0 saturated carbocycles. The molecule has 6 heteroatoms. The quantitative estimate of drug-likeness (QED) is 0.867. The summed E-state index contributed by atoms with van der Waals surface area (Å²) in [6.07, 6.45) is 0. The molecule has 0 aromatic carbocycles. The number of thiophene rings is 1. The fraction of sp³-hybridized carbons (Fsp3) is 0.333. The molecule has 0 bridgehead atoms. The number of ketones is 1.